The van der Waals surface area contributed by atoms with Crippen LogP contribution in [-0.4, -0.2) is 39.5 Å². The summed E-state index contributed by atoms with van der Waals surface area (Å²) in [6.45, 7) is 4.32. The Morgan fingerprint density at radius 2 is 1.94 bits per heavy atom. The monoisotopic (exact) mass is 486 g/mol. The highest BCUT2D eigenvalue weighted by Gasteiger charge is 2.31. The van der Waals surface area contributed by atoms with Gasteiger partial charge in [-0.25, -0.2) is 4.99 Å². The van der Waals surface area contributed by atoms with Crippen molar-refractivity contribution in [2.24, 2.45) is 4.99 Å². The highest BCUT2D eigenvalue weighted by molar-refractivity contribution is 8.18. The van der Waals surface area contributed by atoms with Gasteiger partial charge in [-0.1, -0.05) is 43.2 Å². The number of carbonyl (C=O) groups excluding carboxylic acids is 2. The molecule has 0 spiro atoms. The first kappa shape index (κ1) is 23.4. The molecule has 2 fully saturated rings. The number of rotatable bonds is 5. The number of hydrogen-bond acceptors (Lipinski definition) is 4. The molecule has 2 aliphatic rings. The highest BCUT2D eigenvalue weighted by Crippen LogP contribution is 2.35. The second-order valence-electron chi connectivity index (χ2n) is 9.44. The third-order valence-electron chi connectivity index (χ3n) is 6.72. The number of carbonyl (C=O) groups is 2. The van der Waals surface area contributed by atoms with Crippen LogP contribution in [0.3, 0.4) is 0 Å². The van der Waals surface area contributed by atoms with Crippen LogP contribution >= 0.6 is 11.8 Å². The number of thioether (sulfide) groups is 1. The van der Waals surface area contributed by atoms with E-state index in [-0.39, 0.29) is 18.4 Å². The Kier molecular flexibility index (Phi) is 6.52. The molecule has 2 heterocycles. The van der Waals surface area contributed by atoms with E-state index in [9.17, 15) is 9.59 Å². The molecule has 0 unspecified atom stereocenters. The molecular formula is C28H30N4O2S. The van der Waals surface area contributed by atoms with Gasteiger partial charge in [-0.15, -0.1) is 0 Å². The SMILES string of the molecule is Cc1ccc(C)c(N=C2S/C(=C/c3cn(CC(=O)NC4CCCC4)c4ccccc34)C(=O)N2C)c1. The molecule has 6 nitrogen and oxygen atoms in total. The molecule has 35 heavy (non-hydrogen) atoms. The molecule has 1 N–H and O–H groups in total. The molecule has 0 bridgehead atoms. The minimum Gasteiger partial charge on any atom is -0.352 e. The number of fused-ring (bicyclic) bond motifs is 1. The van der Waals surface area contributed by atoms with E-state index >= 15 is 0 Å². The molecule has 1 aromatic heterocycles. The number of amides is 2. The van der Waals surface area contributed by atoms with Crippen molar-refractivity contribution in [2.45, 2.75) is 52.1 Å². The zero-order valence-corrected chi connectivity index (χ0v) is 21.2. The second kappa shape index (κ2) is 9.74. The lowest BCUT2D eigenvalue weighted by molar-refractivity contribution is -0.122. The van der Waals surface area contributed by atoms with E-state index in [0.29, 0.717) is 16.1 Å². The first-order chi connectivity index (χ1) is 16.9. The van der Waals surface area contributed by atoms with Gasteiger partial charge in [0.05, 0.1) is 10.6 Å². The number of amidine groups is 1. The minimum absolute atomic E-state index is 0.0332. The van der Waals surface area contributed by atoms with Gasteiger partial charge >= 0.3 is 0 Å². The number of aliphatic imine (C=N–C) groups is 1. The molecule has 1 saturated carbocycles. The zero-order chi connectivity index (χ0) is 24.5. The molecular weight excluding hydrogens is 456 g/mol. The number of para-hydroxylation sites is 1. The third-order valence-corrected chi connectivity index (χ3v) is 7.78. The lowest BCUT2D eigenvalue weighted by Crippen LogP contribution is -2.35. The number of benzene rings is 2. The summed E-state index contributed by atoms with van der Waals surface area (Å²) in [5.74, 6) is -0.0410. The minimum atomic E-state index is -0.0742. The lowest BCUT2D eigenvalue weighted by atomic mass is 10.1. The quantitative estimate of drug-likeness (QED) is 0.481. The van der Waals surface area contributed by atoms with Crippen LogP contribution in [0.2, 0.25) is 0 Å². The van der Waals surface area contributed by atoms with E-state index < -0.39 is 0 Å². The van der Waals surface area contributed by atoms with Gasteiger partial charge in [-0.2, -0.15) is 0 Å². The molecule has 0 atom stereocenters. The molecule has 1 aliphatic heterocycles. The van der Waals surface area contributed by atoms with Gasteiger partial charge < -0.3 is 9.88 Å². The normalized spacial score (nSPS) is 18.9. The smallest absolute Gasteiger partial charge is 0.266 e. The van der Waals surface area contributed by atoms with Crippen LogP contribution < -0.4 is 5.32 Å². The maximum atomic E-state index is 13.1. The predicted molar refractivity (Wildman–Crippen MR) is 144 cm³/mol. The van der Waals surface area contributed by atoms with E-state index in [1.165, 1.54) is 24.6 Å². The molecule has 1 aliphatic carbocycles. The standard InChI is InChI=1S/C28H30N4O2S/c1-18-12-13-19(2)23(14-18)30-28-31(3)27(34)25(35-28)15-20-16-32(24-11-7-6-10-22(20)24)17-26(33)29-21-8-4-5-9-21/h6-7,10-16,21H,4-5,8-9,17H2,1-3H3,(H,29,33)/b25-15+,30-28?. The van der Waals surface area contributed by atoms with Gasteiger partial charge in [0.2, 0.25) is 5.91 Å². The van der Waals surface area contributed by atoms with E-state index in [1.807, 2.05) is 67.1 Å². The number of aryl methyl sites for hydroxylation is 2. The van der Waals surface area contributed by atoms with Crippen LogP contribution in [0.15, 0.2) is 58.6 Å². The summed E-state index contributed by atoms with van der Waals surface area (Å²) in [7, 11) is 1.76. The first-order valence-corrected chi connectivity index (χ1v) is 12.9. The Morgan fingerprint density at radius 1 is 1.17 bits per heavy atom. The van der Waals surface area contributed by atoms with Crippen molar-refractivity contribution in [1.82, 2.24) is 14.8 Å². The Morgan fingerprint density at radius 3 is 2.74 bits per heavy atom. The Labute approximate surface area is 210 Å². The maximum Gasteiger partial charge on any atom is 0.266 e. The van der Waals surface area contributed by atoms with Gasteiger partial charge in [0, 0.05) is 35.8 Å². The van der Waals surface area contributed by atoms with Crippen molar-refractivity contribution >= 4 is 51.4 Å². The van der Waals surface area contributed by atoms with Crippen molar-refractivity contribution in [1.29, 1.82) is 0 Å². The number of nitrogens with zero attached hydrogens (tertiary/aromatic N) is 3. The van der Waals surface area contributed by atoms with Crippen molar-refractivity contribution in [2.75, 3.05) is 7.05 Å². The van der Waals surface area contributed by atoms with Crippen LogP contribution in [0, 0.1) is 13.8 Å². The van der Waals surface area contributed by atoms with Gasteiger partial charge in [0.25, 0.3) is 5.91 Å². The molecule has 3 aromatic rings. The second-order valence-corrected chi connectivity index (χ2v) is 10.4. The molecule has 1 saturated heterocycles. The van der Waals surface area contributed by atoms with Crippen LogP contribution in [0.25, 0.3) is 17.0 Å². The molecule has 2 aromatic carbocycles. The van der Waals surface area contributed by atoms with Crippen molar-refractivity contribution in [3.05, 3.63) is 70.3 Å². The average Bonchev–Trinajstić information content (AvgIpc) is 3.53. The van der Waals surface area contributed by atoms with E-state index in [4.69, 9.17) is 4.99 Å². The first-order valence-electron chi connectivity index (χ1n) is 12.1. The number of aromatic nitrogens is 1. The predicted octanol–water partition coefficient (Wildman–Crippen LogP) is 5.55. The van der Waals surface area contributed by atoms with Crippen LogP contribution in [-0.2, 0) is 16.1 Å². The zero-order valence-electron chi connectivity index (χ0n) is 20.4. The van der Waals surface area contributed by atoms with Gasteiger partial charge in [-0.3, -0.25) is 14.5 Å². The Bertz CT molecular complexity index is 1360. The number of nitrogens with one attached hydrogen (secondary N) is 1. The van der Waals surface area contributed by atoms with Crippen molar-refractivity contribution in [3.8, 4) is 0 Å². The third kappa shape index (κ3) is 4.91. The molecule has 2 amide bonds. The van der Waals surface area contributed by atoms with Crippen molar-refractivity contribution in [3.63, 3.8) is 0 Å². The summed E-state index contributed by atoms with van der Waals surface area (Å²) >= 11 is 1.38. The fourth-order valence-electron chi connectivity index (χ4n) is 4.75. The Balaban J connectivity index is 1.43. The summed E-state index contributed by atoms with van der Waals surface area (Å²) in [6, 6.07) is 14.4. The maximum absolute atomic E-state index is 13.1. The average molecular weight is 487 g/mol. The Hall–Kier alpha value is -3.32. The summed E-state index contributed by atoms with van der Waals surface area (Å²) in [6.07, 6.45) is 8.39. The molecule has 180 valence electrons. The lowest BCUT2D eigenvalue weighted by Gasteiger charge is -2.12. The van der Waals surface area contributed by atoms with E-state index in [0.717, 1.165) is 46.1 Å². The topological polar surface area (TPSA) is 66.7 Å². The van der Waals surface area contributed by atoms with Crippen LogP contribution in [0.4, 0.5) is 5.69 Å². The van der Waals surface area contributed by atoms with E-state index in [1.54, 1.807) is 11.9 Å². The summed E-state index contributed by atoms with van der Waals surface area (Å²) in [5, 5.41) is 4.85. The molecule has 0 radical (unpaired) electrons. The van der Waals surface area contributed by atoms with Gasteiger partial charge in [0.1, 0.15) is 6.54 Å². The van der Waals surface area contributed by atoms with Gasteiger partial charge in [-0.05, 0) is 67.8 Å². The number of hydrogen-bond donors (Lipinski definition) is 1. The summed E-state index contributed by atoms with van der Waals surface area (Å²) in [4.78, 5) is 32.8. The number of likely N-dealkylation sites (N-methyl/N-ethyl adjacent to an activating group) is 1. The fraction of sp³-hybridized carbons (Fsp3) is 0.321. The van der Waals surface area contributed by atoms with E-state index in [2.05, 4.69) is 11.4 Å². The largest absolute Gasteiger partial charge is 0.352 e. The molecule has 7 heteroatoms. The van der Waals surface area contributed by atoms with Crippen molar-refractivity contribution < 1.29 is 9.59 Å². The summed E-state index contributed by atoms with van der Waals surface area (Å²) in [5.41, 5.74) is 4.98. The highest BCUT2D eigenvalue weighted by atomic mass is 32.2. The summed E-state index contributed by atoms with van der Waals surface area (Å²) < 4.78 is 1.98. The molecule has 5 rings (SSSR count). The van der Waals surface area contributed by atoms with Crippen LogP contribution in [0.5, 0.6) is 0 Å². The fourth-order valence-corrected chi connectivity index (χ4v) is 5.73. The van der Waals surface area contributed by atoms with Gasteiger partial charge in [0.15, 0.2) is 5.17 Å². The van der Waals surface area contributed by atoms with Crippen LogP contribution in [0.1, 0.15) is 42.4 Å².